The Bertz CT molecular complexity index is 509. The summed E-state index contributed by atoms with van der Waals surface area (Å²) in [6.07, 6.45) is 7.15. The van der Waals surface area contributed by atoms with E-state index in [2.05, 4.69) is 27.1 Å². The molecule has 0 amide bonds. The van der Waals surface area contributed by atoms with Crippen LogP contribution < -0.4 is 10.5 Å². The maximum atomic E-state index is 11.8. The Morgan fingerprint density at radius 2 is 2.29 bits per heavy atom. The monoisotopic (exact) mass is 274 g/mol. The second-order valence-corrected chi connectivity index (χ2v) is 6.86. The lowest BCUT2D eigenvalue weighted by atomic mass is 9.95. The van der Waals surface area contributed by atoms with Gasteiger partial charge in [-0.05, 0) is 25.2 Å². The maximum absolute atomic E-state index is 11.8. The summed E-state index contributed by atoms with van der Waals surface area (Å²) in [6, 6.07) is 0. The third-order valence-corrected chi connectivity index (χ3v) is 5.14. The summed E-state index contributed by atoms with van der Waals surface area (Å²) >= 11 is 0.872. The number of aromatic nitrogens is 2. The van der Waals surface area contributed by atoms with Gasteiger partial charge >= 0.3 is 0 Å². The van der Waals surface area contributed by atoms with E-state index < -0.39 is 10.0 Å². The van der Waals surface area contributed by atoms with Crippen molar-refractivity contribution in [1.29, 1.82) is 0 Å². The van der Waals surface area contributed by atoms with Crippen LogP contribution in [0, 0.1) is 5.92 Å². The van der Waals surface area contributed by atoms with Gasteiger partial charge in [-0.15, -0.1) is 10.2 Å². The number of allylic oxidation sites excluding steroid dienone is 2. The minimum atomic E-state index is -3.55. The summed E-state index contributed by atoms with van der Waals surface area (Å²) in [5.74, 6) is 0.361. The van der Waals surface area contributed by atoms with Gasteiger partial charge in [0.2, 0.25) is 9.47 Å². The van der Waals surface area contributed by atoms with Gasteiger partial charge in [-0.2, -0.15) is 0 Å². The largest absolute Gasteiger partial charge is 0.374 e. The van der Waals surface area contributed by atoms with Crippen molar-refractivity contribution in [3.8, 4) is 0 Å². The molecule has 0 saturated carbocycles. The Hall–Kier alpha value is -0.990. The molecule has 2 rings (SSSR count). The summed E-state index contributed by atoms with van der Waals surface area (Å²) < 4.78 is 26.1. The summed E-state index contributed by atoms with van der Waals surface area (Å²) in [7, 11) is -3.55. The molecule has 94 valence electrons. The van der Waals surface area contributed by atoms with Crippen LogP contribution in [0.1, 0.15) is 19.3 Å². The molecule has 0 bridgehead atoms. The van der Waals surface area contributed by atoms with Gasteiger partial charge in [0.05, 0.1) is 0 Å². The zero-order chi connectivity index (χ0) is 12.3. The van der Waals surface area contributed by atoms with E-state index in [4.69, 9.17) is 5.73 Å². The molecule has 0 aliphatic heterocycles. The average Bonchev–Trinajstić information content (AvgIpc) is 2.76. The quantitative estimate of drug-likeness (QED) is 0.790. The van der Waals surface area contributed by atoms with Gasteiger partial charge in [0.1, 0.15) is 0 Å². The first-order chi connectivity index (χ1) is 8.08. The zero-order valence-corrected chi connectivity index (χ0v) is 10.8. The minimum Gasteiger partial charge on any atom is -0.374 e. The van der Waals surface area contributed by atoms with Crippen molar-refractivity contribution in [2.75, 3.05) is 12.3 Å². The predicted molar refractivity (Wildman–Crippen MR) is 66.0 cm³/mol. The molecule has 8 heteroatoms. The normalized spacial score (nSPS) is 20.6. The molecule has 1 aliphatic rings. The van der Waals surface area contributed by atoms with Crippen molar-refractivity contribution in [1.82, 2.24) is 14.9 Å². The molecule has 1 aromatic rings. The van der Waals surface area contributed by atoms with Gasteiger partial charge in [0, 0.05) is 6.54 Å². The van der Waals surface area contributed by atoms with E-state index in [1.165, 1.54) is 0 Å². The Kier molecular flexibility index (Phi) is 3.75. The number of sulfonamides is 1. The molecule has 0 spiro atoms. The maximum Gasteiger partial charge on any atom is 0.269 e. The molecule has 1 heterocycles. The van der Waals surface area contributed by atoms with E-state index in [0.717, 1.165) is 30.6 Å². The van der Waals surface area contributed by atoms with Crippen molar-refractivity contribution in [3.05, 3.63) is 12.2 Å². The lowest BCUT2D eigenvalue weighted by Gasteiger charge is -2.17. The molecule has 0 radical (unpaired) electrons. The van der Waals surface area contributed by atoms with Gasteiger partial charge in [-0.1, -0.05) is 23.5 Å². The van der Waals surface area contributed by atoms with Crippen molar-refractivity contribution < 1.29 is 8.42 Å². The van der Waals surface area contributed by atoms with Crippen LogP contribution in [-0.2, 0) is 10.0 Å². The second kappa shape index (κ2) is 5.11. The van der Waals surface area contributed by atoms with E-state index in [-0.39, 0.29) is 9.47 Å². The standard InChI is InChI=1S/C9H14N4O2S2/c10-8-12-13-9(16-8)17(14,15)11-6-7-4-2-1-3-5-7/h1-2,7,11H,3-6H2,(H2,10,12). The molecule has 1 unspecified atom stereocenters. The molecule has 1 aliphatic carbocycles. The predicted octanol–water partition coefficient (Wildman–Crippen LogP) is 0.755. The van der Waals surface area contributed by atoms with Crippen LogP contribution in [0.2, 0.25) is 0 Å². The van der Waals surface area contributed by atoms with Crippen LogP contribution >= 0.6 is 11.3 Å². The van der Waals surface area contributed by atoms with Gasteiger partial charge in [0.15, 0.2) is 0 Å². The number of hydrogen-bond acceptors (Lipinski definition) is 6. The topological polar surface area (TPSA) is 98.0 Å². The van der Waals surface area contributed by atoms with Crippen LogP contribution in [0.25, 0.3) is 0 Å². The summed E-state index contributed by atoms with van der Waals surface area (Å²) in [5, 5.41) is 7.18. The third-order valence-electron chi connectivity index (χ3n) is 2.59. The minimum absolute atomic E-state index is 0.0682. The van der Waals surface area contributed by atoms with E-state index in [1.54, 1.807) is 0 Å². The van der Waals surface area contributed by atoms with E-state index in [0.29, 0.717) is 12.5 Å². The Balaban J connectivity index is 1.96. The molecular formula is C9H14N4O2S2. The number of nitrogens with one attached hydrogen (secondary N) is 1. The van der Waals surface area contributed by atoms with Crippen LogP contribution in [-0.4, -0.2) is 25.2 Å². The highest BCUT2D eigenvalue weighted by atomic mass is 32.2. The van der Waals surface area contributed by atoms with Crippen LogP contribution in [0.15, 0.2) is 16.5 Å². The fourth-order valence-electron chi connectivity index (χ4n) is 1.66. The van der Waals surface area contributed by atoms with Gasteiger partial charge in [-0.25, -0.2) is 13.1 Å². The van der Waals surface area contributed by atoms with Crippen LogP contribution in [0.5, 0.6) is 0 Å². The Morgan fingerprint density at radius 1 is 1.47 bits per heavy atom. The number of anilines is 1. The van der Waals surface area contributed by atoms with Gasteiger partial charge < -0.3 is 5.73 Å². The summed E-state index contributed by atoms with van der Waals surface area (Å²) in [5.41, 5.74) is 5.36. The summed E-state index contributed by atoms with van der Waals surface area (Å²) in [4.78, 5) is 0. The highest BCUT2D eigenvalue weighted by molar-refractivity contribution is 7.91. The average molecular weight is 274 g/mol. The first-order valence-electron chi connectivity index (χ1n) is 5.31. The zero-order valence-electron chi connectivity index (χ0n) is 9.17. The molecule has 0 aromatic carbocycles. The number of nitrogens with zero attached hydrogens (tertiary/aromatic N) is 2. The molecule has 1 atom stereocenters. The van der Waals surface area contributed by atoms with Gasteiger partial charge in [-0.3, -0.25) is 0 Å². The smallest absolute Gasteiger partial charge is 0.269 e. The number of nitrogens with two attached hydrogens (primary N) is 1. The van der Waals surface area contributed by atoms with Crippen molar-refractivity contribution >= 4 is 26.5 Å². The van der Waals surface area contributed by atoms with Gasteiger partial charge in [0.25, 0.3) is 10.0 Å². The summed E-state index contributed by atoms with van der Waals surface area (Å²) in [6.45, 7) is 0.437. The fraction of sp³-hybridized carbons (Fsp3) is 0.556. The first-order valence-corrected chi connectivity index (χ1v) is 7.61. The number of hydrogen-bond donors (Lipinski definition) is 2. The molecule has 0 fully saturated rings. The lowest BCUT2D eigenvalue weighted by molar-refractivity contribution is 0.468. The van der Waals surface area contributed by atoms with Crippen molar-refractivity contribution in [3.63, 3.8) is 0 Å². The lowest BCUT2D eigenvalue weighted by Crippen LogP contribution is -2.29. The van der Waals surface area contributed by atoms with E-state index >= 15 is 0 Å². The number of nitrogen functional groups attached to an aromatic ring is 1. The molecule has 3 N–H and O–H groups in total. The molecule has 0 saturated heterocycles. The van der Waals surface area contributed by atoms with Crippen LogP contribution in [0.4, 0.5) is 5.13 Å². The second-order valence-electron chi connectivity index (χ2n) is 3.91. The highest BCUT2D eigenvalue weighted by Gasteiger charge is 2.21. The highest BCUT2D eigenvalue weighted by Crippen LogP contribution is 2.19. The molecule has 17 heavy (non-hydrogen) atoms. The fourth-order valence-corrected chi connectivity index (χ4v) is 3.60. The van der Waals surface area contributed by atoms with Crippen molar-refractivity contribution in [2.24, 2.45) is 5.92 Å². The Morgan fingerprint density at radius 3 is 2.88 bits per heavy atom. The first kappa shape index (κ1) is 12.5. The van der Waals surface area contributed by atoms with Crippen molar-refractivity contribution in [2.45, 2.75) is 23.6 Å². The number of rotatable bonds is 4. The van der Waals surface area contributed by atoms with E-state index in [9.17, 15) is 8.42 Å². The molecular weight excluding hydrogens is 260 g/mol. The van der Waals surface area contributed by atoms with Crippen LogP contribution in [0.3, 0.4) is 0 Å². The van der Waals surface area contributed by atoms with E-state index in [1.807, 2.05) is 0 Å². The Labute approximate surface area is 104 Å². The SMILES string of the molecule is Nc1nnc(S(=O)(=O)NCC2CC=CCC2)s1. The molecule has 6 nitrogen and oxygen atoms in total. The third kappa shape index (κ3) is 3.24. The molecule has 1 aromatic heterocycles.